The van der Waals surface area contributed by atoms with Gasteiger partial charge < -0.3 is 5.41 Å². The van der Waals surface area contributed by atoms with Crippen LogP contribution in [0.1, 0.15) is 45.4 Å². The lowest BCUT2D eigenvalue weighted by Gasteiger charge is -2.56. The van der Waals surface area contributed by atoms with Crippen molar-refractivity contribution in [2.45, 2.75) is 45.4 Å². The van der Waals surface area contributed by atoms with Crippen LogP contribution >= 0.6 is 0 Å². The molecule has 1 N–H and O–H groups in total. The van der Waals surface area contributed by atoms with E-state index in [9.17, 15) is 0 Å². The van der Waals surface area contributed by atoms with Gasteiger partial charge in [-0.1, -0.05) is 0 Å². The van der Waals surface area contributed by atoms with E-state index in [-0.39, 0.29) is 0 Å². The van der Waals surface area contributed by atoms with Gasteiger partial charge in [-0.15, -0.1) is 0 Å². The summed E-state index contributed by atoms with van der Waals surface area (Å²) < 4.78 is 0. The molecule has 0 saturated heterocycles. The molecule has 4 bridgehead atoms. The van der Waals surface area contributed by atoms with Crippen LogP contribution in [0.3, 0.4) is 0 Å². The minimum atomic E-state index is 0.384. The van der Waals surface area contributed by atoms with Gasteiger partial charge in [-0.3, -0.25) is 0 Å². The Labute approximate surface area is 80.4 Å². The van der Waals surface area contributed by atoms with Crippen molar-refractivity contribution in [3.05, 3.63) is 0 Å². The molecule has 0 aromatic rings. The first-order valence-electron chi connectivity index (χ1n) is 5.73. The predicted octanol–water partition coefficient (Wildman–Crippen LogP) is 3.24. The lowest BCUT2D eigenvalue weighted by Crippen LogP contribution is -2.49. The molecule has 4 aliphatic rings. The maximum absolute atomic E-state index is 7.97. The number of nitrogens with one attached hydrogen (secondary N) is 1. The van der Waals surface area contributed by atoms with Crippen molar-refractivity contribution in [3.8, 4) is 0 Å². The average molecular weight is 177 g/mol. The zero-order valence-electron chi connectivity index (χ0n) is 8.47. The van der Waals surface area contributed by atoms with Crippen LogP contribution in [0.5, 0.6) is 0 Å². The number of rotatable bonds is 1. The predicted molar refractivity (Wildman–Crippen MR) is 54.0 cm³/mol. The first kappa shape index (κ1) is 8.02. The summed E-state index contributed by atoms with van der Waals surface area (Å²) in [6.45, 7) is 2.05. The zero-order valence-corrected chi connectivity index (χ0v) is 8.47. The molecule has 1 heteroatoms. The first-order chi connectivity index (χ1) is 6.18. The smallest absolute Gasteiger partial charge is 0.0120 e. The second-order valence-corrected chi connectivity index (χ2v) is 5.82. The highest BCUT2D eigenvalue weighted by Crippen LogP contribution is 2.60. The molecule has 0 unspecified atom stereocenters. The van der Waals surface area contributed by atoms with Crippen molar-refractivity contribution in [3.63, 3.8) is 0 Å². The van der Waals surface area contributed by atoms with E-state index >= 15 is 0 Å². The molecular formula is C12H19N. The number of hydrogen-bond donors (Lipinski definition) is 1. The fourth-order valence-corrected chi connectivity index (χ4v) is 4.57. The molecule has 72 valence electrons. The molecule has 4 rings (SSSR count). The molecule has 1 nitrogen and oxygen atoms in total. The van der Waals surface area contributed by atoms with Gasteiger partial charge >= 0.3 is 0 Å². The molecule has 4 fully saturated rings. The summed E-state index contributed by atoms with van der Waals surface area (Å²) >= 11 is 0. The van der Waals surface area contributed by atoms with Gasteiger partial charge in [0.15, 0.2) is 0 Å². The zero-order chi connectivity index (χ0) is 9.05. The Hall–Kier alpha value is -0.330. The minimum absolute atomic E-state index is 0.384. The highest BCUT2D eigenvalue weighted by atomic mass is 14.6. The summed E-state index contributed by atoms with van der Waals surface area (Å²) in [6.07, 6.45) is 8.54. The molecule has 0 aromatic carbocycles. The molecule has 4 saturated carbocycles. The molecule has 0 heterocycles. The van der Waals surface area contributed by atoms with Crippen LogP contribution in [-0.2, 0) is 0 Å². The van der Waals surface area contributed by atoms with Gasteiger partial charge in [0, 0.05) is 11.1 Å². The molecule has 0 aromatic heterocycles. The van der Waals surface area contributed by atoms with E-state index in [1.807, 2.05) is 6.92 Å². The lowest BCUT2D eigenvalue weighted by atomic mass is 9.48. The highest BCUT2D eigenvalue weighted by molar-refractivity contribution is 5.85. The highest BCUT2D eigenvalue weighted by Gasteiger charge is 2.51. The first-order valence-corrected chi connectivity index (χ1v) is 5.73. The molecule has 0 spiro atoms. The lowest BCUT2D eigenvalue weighted by molar-refractivity contribution is -0.0130. The van der Waals surface area contributed by atoms with E-state index in [1.165, 1.54) is 38.5 Å². The van der Waals surface area contributed by atoms with E-state index in [0.29, 0.717) is 5.41 Å². The normalized spacial score (nSPS) is 52.5. The quantitative estimate of drug-likeness (QED) is 0.594. The van der Waals surface area contributed by atoms with Gasteiger partial charge in [-0.05, 0) is 63.2 Å². The largest absolute Gasteiger partial charge is 0.309 e. The van der Waals surface area contributed by atoms with Crippen LogP contribution in [0.25, 0.3) is 0 Å². The summed E-state index contributed by atoms with van der Waals surface area (Å²) in [6, 6.07) is 0. The Morgan fingerprint density at radius 2 is 1.38 bits per heavy atom. The second kappa shape index (κ2) is 2.37. The molecular weight excluding hydrogens is 158 g/mol. The fraction of sp³-hybridized carbons (Fsp3) is 0.917. The third-order valence-corrected chi connectivity index (χ3v) is 4.83. The monoisotopic (exact) mass is 177 g/mol. The Bertz CT molecular complexity index is 219. The standard InChI is InChI=1S/C12H19N/c1-8(13)12-5-9-2-10(6-12)4-11(3-9)7-12/h9-11,13H,2-7H2,1H3. The van der Waals surface area contributed by atoms with Crippen LogP contribution in [0.4, 0.5) is 0 Å². The van der Waals surface area contributed by atoms with Crippen molar-refractivity contribution in [1.82, 2.24) is 0 Å². The summed E-state index contributed by atoms with van der Waals surface area (Å²) in [5.74, 6) is 2.98. The van der Waals surface area contributed by atoms with E-state index in [2.05, 4.69) is 0 Å². The number of hydrogen-bond acceptors (Lipinski definition) is 1. The van der Waals surface area contributed by atoms with Gasteiger partial charge in [0.25, 0.3) is 0 Å². The molecule has 0 atom stereocenters. The molecule has 13 heavy (non-hydrogen) atoms. The Morgan fingerprint density at radius 1 is 1.00 bits per heavy atom. The molecule has 0 amide bonds. The van der Waals surface area contributed by atoms with Crippen molar-refractivity contribution in [2.24, 2.45) is 23.2 Å². The van der Waals surface area contributed by atoms with Gasteiger partial charge in [-0.25, -0.2) is 0 Å². The van der Waals surface area contributed by atoms with Crippen molar-refractivity contribution in [1.29, 1.82) is 5.41 Å². The molecule has 0 radical (unpaired) electrons. The SMILES string of the molecule is CC(=N)C12CC3CC(CC(C3)C1)C2. The van der Waals surface area contributed by atoms with Crippen LogP contribution in [0.2, 0.25) is 0 Å². The van der Waals surface area contributed by atoms with E-state index in [4.69, 9.17) is 5.41 Å². The topological polar surface area (TPSA) is 23.9 Å². The Morgan fingerprint density at radius 3 is 1.69 bits per heavy atom. The third kappa shape index (κ3) is 1.02. The van der Waals surface area contributed by atoms with Crippen LogP contribution in [0.15, 0.2) is 0 Å². The molecule has 0 aliphatic heterocycles. The maximum Gasteiger partial charge on any atom is 0.0120 e. The van der Waals surface area contributed by atoms with Crippen LogP contribution < -0.4 is 0 Å². The van der Waals surface area contributed by atoms with Gasteiger partial charge in [0.1, 0.15) is 0 Å². The summed E-state index contributed by atoms with van der Waals surface area (Å²) in [5.41, 5.74) is 1.38. The molecule has 4 aliphatic carbocycles. The Kier molecular flexibility index (Phi) is 1.46. The minimum Gasteiger partial charge on any atom is -0.309 e. The summed E-state index contributed by atoms with van der Waals surface area (Å²) in [4.78, 5) is 0. The maximum atomic E-state index is 7.97. The fourth-order valence-electron chi connectivity index (χ4n) is 4.57. The average Bonchev–Trinajstić information content (AvgIpc) is 2.00. The Balaban J connectivity index is 1.95. The van der Waals surface area contributed by atoms with Crippen molar-refractivity contribution < 1.29 is 0 Å². The van der Waals surface area contributed by atoms with Gasteiger partial charge in [-0.2, -0.15) is 0 Å². The summed E-state index contributed by atoms with van der Waals surface area (Å²) in [5, 5.41) is 7.97. The van der Waals surface area contributed by atoms with E-state index < -0.39 is 0 Å². The van der Waals surface area contributed by atoms with E-state index in [1.54, 1.807) is 0 Å². The van der Waals surface area contributed by atoms with E-state index in [0.717, 1.165) is 23.5 Å². The summed E-state index contributed by atoms with van der Waals surface area (Å²) in [7, 11) is 0. The third-order valence-electron chi connectivity index (χ3n) is 4.83. The van der Waals surface area contributed by atoms with Gasteiger partial charge in [0.2, 0.25) is 0 Å². The van der Waals surface area contributed by atoms with Crippen molar-refractivity contribution >= 4 is 5.71 Å². The van der Waals surface area contributed by atoms with Crippen LogP contribution in [0, 0.1) is 28.6 Å². The van der Waals surface area contributed by atoms with Crippen LogP contribution in [-0.4, -0.2) is 5.71 Å². The van der Waals surface area contributed by atoms with Gasteiger partial charge in [0.05, 0.1) is 0 Å². The second-order valence-electron chi connectivity index (χ2n) is 5.82. The van der Waals surface area contributed by atoms with Crippen molar-refractivity contribution in [2.75, 3.05) is 0 Å².